The topological polar surface area (TPSA) is 83.1 Å². The quantitative estimate of drug-likeness (QED) is 0.147. The molecule has 0 N–H and O–H groups in total. The number of aromatic nitrogens is 3. The molecule has 0 aliphatic carbocycles. The molecule has 0 fully saturated rings. The van der Waals surface area contributed by atoms with Gasteiger partial charge >= 0.3 is 0 Å². The van der Waals surface area contributed by atoms with Crippen molar-refractivity contribution >= 4 is 23.4 Å². The SMILES string of the molecule is Cc1cccc(-n2c(C)nnc2S[C@H](C[N+](=O)[O-])c2ccc(OCc3cccc(F)c3)c(Cl)c2)c1. The first-order valence-electron chi connectivity index (χ1n) is 10.7. The van der Waals surface area contributed by atoms with Gasteiger partial charge in [0.1, 0.15) is 29.2 Å². The van der Waals surface area contributed by atoms with E-state index in [2.05, 4.69) is 10.2 Å². The summed E-state index contributed by atoms with van der Waals surface area (Å²) >= 11 is 7.70. The van der Waals surface area contributed by atoms with Crippen LogP contribution in [0.2, 0.25) is 5.02 Å². The highest BCUT2D eigenvalue weighted by molar-refractivity contribution is 7.99. The third kappa shape index (κ3) is 6.17. The Bertz CT molecular complexity index is 1360. The summed E-state index contributed by atoms with van der Waals surface area (Å²) in [7, 11) is 0. The molecule has 0 radical (unpaired) electrons. The first-order valence-corrected chi connectivity index (χ1v) is 12.0. The highest BCUT2D eigenvalue weighted by Crippen LogP contribution is 2.38. The monoisotopic (exact) mass is 512 g/mol. The Morgan fingerprint density at radius 1 is 1.11 bits per heavy atom. The van der Waals surface area contributed by atoms with Crippen LogP contribution in [0.4, 0.5) is 4.39 Å². The first-order chi connectivity index (χ1) is 16.8. The van der Waals surface area contributed by atoms with Crippen molar-refractivity contribution in [3.8, 4) is 11.4 Å². The summed E-state index contributed by atoms with van der Waals surface area (Å²) in [5.41, 5.74) is 3.28. The number of hydrogen-bond donors (Lipinski definition) is 0. The van der Waals surface area contributed by atoms with Crippen molar-refractivity contribution < 1.29 is 14.1 Å². The van der Waals surface area contributed by atoms with Crippen LogP contribution in [0.5, 0.6) is 5.75 Å². The Balaban J connectivity index is 1.58. The summed E-state index contributed by atoms with van der Waals surface area (Å²) in [5.74, 6) is 0.737. The fraction of sp³-hybridized carbons (Fsp3) is 0.200. The smallest absolute Gasteiger partial charge is 0.220 e. The molecule has 3 aromatic carbocycles. The number of hydrogen-bond acceptors (Lipinski definition) is 6. The standard InChI is InChI=1S/C25H22ClFN4O3S/c1-16-5-3-8-21(11-16)31-17(2)28-29-25(31)35-24(14-30(32)33)19-9-10-23(22(26)13-19)34-15-18-6-4-7-20(27)12-18/h3-13,24H,14-15H2,1-2H3/t24-/m1/s1. The van der Waals surface area contributed by atoms with Gasteiger partial charge in [-0.2, -0.15) is 0 Å². The maximum absolute atomic E-state index is 13.4. The van der Waals surface area contributed by atoms with Crippen LogP contribution >= 0.6 is 23.4 Å². The number of rotatable bonds is 9. The summed E-state index contributed by atoms with van der Waals surface area (Å²) < 4.78 is 21.0. The van der Waals surface area contributed by atoms with Gasteiger partial charge in [0.2, 0.25) is 6.54 Å². The zero-order valence-electron chi connectivity index (χ0n) is 19.0. The van der Waals surface area contributed by atoms with Crippen molar-refractivity contribution in [1.82, 2.24) is 14.8 Å². The Morgan fingerprint density at radius 3 is 2.63 bits per heavy atom. The van der Waals surface area contributed by atoms with E-state index in [-0.39, 0.29) is 23.9 Å². The minimum absolute atomic E-state index is 0.142. The molecule has 0 saturated carbocycles. The van der Waals surface area contributed by atoms with Crippen molar-refractivity contribution in [2.75, 3.05) is 6.54 Å². The van der Waals surface area contributed by atoms with E-state index in [4.69, 9.17) is 16.3 Å². The molecule has 0 bridgehead atoms. The third-order valence-electron chi connectivity index (χ3n) is 5.23. The maximum Gasteiger partial charge on any atom is 0.220 e. The van der Waals surface area contributed by atoms with Crippen LogP contribution in [0.15, 0.2) is 71.9 Å². The van der Waals surface area contributed by atoms with Gasteiger partial charge in [-0.05, 0) is 66.9 Å². The van der Waals surface area contributed by atoms with Crippen molar-refractivity contribution in [3.05, 3.63) is 110 Å². The van der Waals surface area contributed by atoms with Gasteiger partial charge < -0.3 is 4.74 Å². The Kier molecular flexibility index (Phi) is 7.67. The molecule has 0 spiro atoms. The molecular weight excluding hydrogens is 491 g/mol. The summed E-state index contributed by atoms with van der Waals surface area (Å²) in [6.45, 7) is 3.64. The first kappa shape index (κ1) is 24.7. The van der Waals surface area contributed by atoms with Gasteiger partial charge in [0.15, 0.2) is 5.16 Å². The molecule has 0 aliphatic heterocycles. The minimum Gasteiger partial charge on any atom is -0.487 e. The van der Waals surface area contributed by atoms with E-state index in [9.17, 15) is 14.5 Å². The Hall–Kier alpha value is -3.43. The van der Waals surface area contributed by atoms with E-state index >= 15 is 0 Å². The van der Waals surface area contributed by atoms with Crippen LogP contribution in [0.1, 0.15) is 27.8 Å². The lowest BCUT2D eigenvalue weighted by atomic mass is 10.1. The molecule has 7 nitrogen and oxygen atoms in total. The van der Waals surface area contributed by atoms with Crippen molar-refractivity contribution in [2.24, 2.45) is 0 Å². The second-order valence-corrected chi connectivity index (χ2v) is 9.51. The number of halogens is 2. The maximum atomic E-state index is 13.4. The molecule has 1 atom stereocenters. The fourth-order valence-electron chi connectivity index (χ4n) is 3.58. The molecule has 0 aliphatic rings. The normalized spacial score (nSPS) is 11.9. The van der Waals surface area contributed by atoms with Gasteiger partial charge in [0.25, 0.3) is 0 Å². The van der Waals surface area contributed by atoms with E-state index in [1.807, 2.05) is 42.7 Å². The molecule has 0 saturated heterocycles. The fourth-order valence-corrected chi connectivity index (χ4v) is 4.99. The molecule has 1 heterocycles. The number of thioether (sulfide) groups is 1. The number of nitro groups is 1. The second-order valence-electron chi connectivity index (χ2n) is 7.93. The van der Waals surface area contributed by atoms with Gasteiger partial charge in [-0.25, -0.2) is 4.39 Å². The molecule has 4 rings (SSSR count). The van der Waals surface area contributed by atoms with Crippen LogP contribution in [0.3, 0.4) is 0 Å². The summed E-state index contributed by atoms with van der Waals surface area (Å²) in [5, 5.41) is 20.2. The predicted octanol–water partition coefficient (Wildman–Crippen LogP) is 6.37. The lowest BCUT2D eigenvalue weighted by Gasteiger charge is -2.16. The average molecular weight is 513 g/mol. The Morgan fingerprint density at radius 2 is 1.91 bits per heavy atom. The van der Waals surface area contributed by atoms with E-state index in [0.29, 0.717) is 32.9 Å². The molecule has 1 aromatic heterocycles. The van der Waals surface area contributed by atoms with Gasteiger partial charge in [-0.15, -0.1) is 10.2 Å². The van der Waals surface area contributed by atoms with E-state index in [1.165, 1.54) is 23.9 Å². The molecule has 10 heteroatoms. The minimum atomic E-state index is -0.563. The summed E-state index contributed by atoms with van der Waals surface area (Å²) in [6.07, 6.45) is 0. The van der Waals surface area contributed by atoms with Crippen LogP contribution in [-0.4, -0.2) is 26.2 Å². The highest BCUT2D eigenvalue weighted by Gasteiger charge is 2.24. The summed E-state index contributed by atoms with van der Waals surface area (Å²) in [6, 6.07) is 19.1. The lowest BCUT2D eigenvalue weighted by molar-refractivity contribution is -0.479. The van der Waals surface area contributed by atoms with Gasteiger partial charge in [-0.1, -0.05) is 53.7 Å². The number of benzene rings is 3. The van der Waals surface area contributed by atoms with Crippen LogP contribution in [0.25, 0.3) is 5.69 Å². The largest absolute Gasteiger partial charge is 0.487 e. The second kappa shape index (κ2) is 10.9. The molecule has 180 valence electrons. The number of nitrogens with zero attached hydrogens (tertiary/aromatic N) is 4. The van der Waals surface area contributed by atoms with Crippen molar-refractivity contribution in [3.63, 3.8) is 0 Å². The zero-order valence-corrected chi connectivity index (χ0v) is 20.6. The lowest BCUT2D eigenvalue weighted by Crippen LogP contribution is -2.11. The van der Waals surface area contributed by atoms with Gasteiger partial charge in [-0.3, -0.25) is 14.7 Å². The molecule has 0 unspecified atom stereocenters. The average Bonchev–Trinajstić information content (AvgIpc) is 3.17. The molecule has 35 heavy (non-hydrogen) atoms. The predicted molar refractivity (Wildman–Crippen MR) is 133 cm³/mol. The highest BCUT2D eigenvalue weighted by atomic mass is 35.5. The molecule has 0 amide bonds. The van der Waals surface area contributed by atoms with Crippen molar-refractivity contribution in [1.29, 1.82) is 0 Å². The van der Waals surface area contributed by atoms with E-state index in [0.717, 1.165) is 11.3 Å². The van der Waals surface area contributed by atoms with Crippen LogP contribution in [-0.2, 0) is 6.61 Å². The number of aryl methyl sites for hydroxylation is 2. The molecular formula is C25H22ClFN4O3S. The van der Waals surface area contributed by atoms with E-state index < -0.39 is 5.25 Å². The van der Waals surface area contributed by atoms with Crippen LogP contribution in [0, 0.1) is 29.8 Å². The van der Waals surface area contributed by atoms with Crippen LogP contribution < -0.4 is 4.74 Å². The third-order valence-corrected chi connectivity index (χ3v) is 6.70. The zero-order chi connectivity index (χ0) is 24.9. The Labute approximate surface area is 211 Å². The van der Waals surface area contributed by atoms with E-state index in [1.54, 1.807) is 30.3 Å². The van der Waals surface area contributed by atoms with Gasteiger partial charge in [0.05, 0.1) is 5.02 Å². The van der Waals surface area contributed by atoms with Crippen molar-refractivity contribution in [2.45, 2.75) is 30.9 Å². The van der Waals surface area contributed by atoms with Gasteiger partial charge in [0, 0.05) is 10.6 Å². The molecule has 4 aromatic rings. The number of ether oxygens (including phenoxy) is 1. The summed E-state index contributed by atoms with van der Waals surface area (Å²) in [4.78, 5) is 11.1.